The molecule has 0 saturated heterocycles. The maximum Gasteiger partial charge on any atom is 0.178 e. The average Bonchev–Trinajstić information content (AvgIpc) is 2.76. The fourth-order valence-corrected chi connectivity index (χ4v) is 1.81. The largest absolute Gasteiger partial charge is 0.337 e. The number of H-pyrrole nitrogens is 1. The van der Waals surface area contributed by atoms with Crippen molar-refractivity contribution in [3.8, 4) is 11.4 Å². The zero-order chi connectivity index (χ0) is 11.8. The van der Waals surface area contributed by atoms with Crippen LogP contribution in [0.5, 0.6) is 0 Å². The Hall–Kier alpha value is -1.94. The zero-order valence-corrected chi connectivity index (χ0v) is 9.37. The van der Waals surface area contributed by atoms with Gasteiger partial charge in [0, 0.05) is 11.8 Å². The third-order valence-electron chi connectivity index (χ3n) is 2.45. The summed E-state index contributed by atoms with van der Waals surface area (Å²) in [6.07, 6.45) is 1.67. The van der Waals surface area contributed by atoms with Gasteiger partial charge in [0.15, 0.2) is 5.65 Å². The van der Waals surface area contributed by atoms with E-state index in [1.165, 1.54) is 12.1 Å². The van der Waals surface area contributed by atoms with Gasteiger partial charge in [-0.3, -0.25) is 0 Å². The molecule has 17 heavy (non-hydrogen) atoms. The molecule has 5 heteroatoms. The van der Waals surface area contributed by atoms with Crippen LogP contribution in [0.3, 0.4) is 0 Å². The van der Waals surface area contributed by atoms with Crippen LogP contribution in [0.1, 0.15) is 0 Å². The number of nitrogens with zero attached hydrogens (tertiary/aromatic N) is 2. The van der Waals surface area contributed by atoms with Crippen molar-refractivity contribution in [3.63, 3.8) is 0 Å². The van der Waals surface area contributed by atoms with Crippen LogP contribution in [0.25, 0.3) is 22.6 Å². The van der Waals surface area contributed by atoms with Crippen LogP contribution in [0.4, 0.5) is 4.39 Å². The van der Waals surface area contributed by atoms with Crippen molar-refractivity contribution < 1.29 is 4.39 Å². The fraction of sp³-hybridized carbons (Fsp3) is 0. The standard InChI is InChI=1S/C12H7ClFN3/c13-8-6-7(3-4-9(8)14)11-16-10-2-1-5-15-12(10)17-11/h1-6H,(H,15,16,17). The lowest BCUT2D eigenvalue weighted by atomic mass is 10.2. The Kier molecular flexibility index (Phi) is 2.30. The van der Waals surface area contributed by atoms with Gasteiger partial charge < -0.3 is 4.98 Å². The molecule has 0 aliphatic carbocycles. The molecule has 0 fully saturated rings. The highest BCUT2D eigenvalue weighted by molar-refractivity contribution is 6.31. The van der Waals surface area contributed by atoms with E-state index in [9.17, 15) is 4.39 Å². The van der Waals surface area contributed by atoms with Crippen molar-refractivity contribution in [3.05, 3.63) is 47.4 Å². The maximum absolute atomic E-state index is 13.0. The number of fused-ring (bicyclic) bond motifs is 1. The molecule has 3 nitrogen and oxygen atoms in total. The molecule has 0 amide bonds. The van der Waals surface area contributed by atoms with Gasteiger partial charge in [0.1, 0.15) is 11.6 Å². The lowest BCUT2D eigenvalue weighted by Crippen LogP contribution is -1.83. The van der Waals surface area contributed by atoms with Crippen LogP contribution in [0, 0.1) is 5.82 Å². The van der Waals surface area contributed by atoms with Gasteiger partial charge in [-0.1, -0.05) is 11.6 Å². The summed E-state index contributed by atoms with van der Waals surface area (Å²) in [5, 5.41) is 0.0796. The van der Waals surface area contributed by atoms with E-state index in [1.807, 2.05) is 12.1 Å². The van der Waals surface area contributed by atoms with E-state index in [4.69, 9.17) is 11.6 Å². The maximum atomic E-state index is 13.0. The second kappa shape index (κ2) is 3.82. The first-order chi connectivity index (χ1) is 8.24. The van der Waals surface area contributed by atoms with Crippen molar-refractivity contribution in [2.24, 2.45) is 0 Å². The third-order valence-corrected chi connectivity index (χ3v) is 2.74. The Bertz CT molecular complexity index is 660. The Balaban J connectivity index is 2.17. The molecule has 0 saturated carbocycles. The molecule has 0 atom stereocenters. The lowest BCUT2D eigenvalue weighted by Gasteiger charge is -1.98. The molecule has 0 bridgehead atoms. The van der Waals surface area contributed by atoms with E-state index >= 15 is 0 Å². The van der Waals surface area contributed by atoms with E-state index < -0.39 is 5.82 Å². The molecule has 3 rings (SSSR count). The number of nitrogens with one attached hydrogen (secondary N) is 1. The van der Waals surface area contributed by atoms with Gasteiger partial charge in [-0.05, 0) is 30.3 Å². The first-order valence-electron chi connectivity index (χ1n) is 5.00. The highest BCUT2D eigenvalue weighted by Gasteiger charge is 2.07. The van der Waals surface area contributed by atoms with Crippen LogP contribution in [-0.2, 0) is 0 Å². The SMILES string of the molecule is Fc1ccc(-c2nc3ncccc3[nH]2)cc1Cl. The molecule has 1 N–H and O–H groups in total. The topological polar surface area (TPSA) is 41.6 Å². The number of rotatable bonds is 1. The number of aromatic nitrogens is 3. The predicted octanol–water partition coefficient (Wildman–Crippen LogP) is 3.42. The van der Waals surface area contributed by atoms with E-state index in [0.29, 0.717) is 11.5 Å². The molecular formula is C12H7ClFN3. The van der Waals surface area contributed by atoms with Crippen molar-refractivity contribution in [1.82, 2.24) is 15.0 Å². The predicted molar refractivity (Wildman–Crippen MR) is 64.3 cm³/mol. The average molecular weight is 248 g/mol. The lowest BCUT2D eigenvalue weighted by molar-refractivity contribution is 0.628. The molecular weight excluding hydrogens is 241 g/mol. The van der Waals surface area contributed by atoms with E-state index in [-0.39, 0.29) is 5.02 Å². The minimum atomic E-state index is -0.440. The smallest absolute Gasteiger partial charge is 0.178 e. The molecule has 2 aromatic heterocycles. The molecule has 84 valence electrons. The van der Waals surface area contributed by atoms with Gasteiger partial charge in [0.05, 0.1) is 10.5 Å². The van der Waals surface area contributed by atoms with Crippen molar-refractivity contribution in [1.29, 1.82) is 0 Å². The number of aromatic amines is 1. The van der Waals surface area contributed by atoms with Crippen LogP contribution in [0.15, 0.2) is 36.5 Å². The van der Waals surface area contributed by atoms with Crippen molar-refractivity contribution in [2.45, 2.75) is 0 Å². The number of hydrogen-bond acceptors (Lipinski definition) is 2. The molecule has 3 aromatic rings. The van der Waals surface area contributed by atoms with E-state index in [0.717, 1.165) is 11.1 Å². The highest BCUT2D eigenvalue weighted by atomic mass is 35.5. The second-order valence-electron chi connectivity index (χ2n) is 3.59. The van der Waals surface area contributed by atoms with Crippen LogP contribution < -0.4 is 0 Å². The summed E-state index contributed by atoms with van der Waals surface area (Å²) >= 11 is 5.73. The van der Waals surface area contributed by atoms with Gasteiger partial charge in [-0.2, -0.15) is 0 Å². The summed E-state index contributed by atoms with van der Waals surface area (Å²) in [6.45, 7) is 0. The van der Waals surface area contributed by atoms with Crippen LogP contribution >= 0.6 is 11.6 Å². The van der Waals surface area contributed by atoms with Gasteiger partial charge in [0.2, 0.25) is 0 Å². The van der Waals surface area contributed by atoms with Gasteiger partial charge in [-0.25, -0.2) is 14.4 Å². The fourth-order valence-electron chi connectivity index (χ4n) is 1.63. The number of imidazole rings is 1. The Morgan fingerprint density at radius 2 is 2.12 bits per heavy atom. The summed E-state index contributed by atoms with van der Waals surface area (Å²) in [5.41, 5.74) is 2.19. The first-order valence-corrected chi connectivity index (χ1v) is 5.38. The van der Waals surface area contributed by atoms with E-state index in [2.05, 4.69) is 15.0 Å². The van der Waals surface area contributed by atoms with Gasteiger partial charge >= 0.3 is 0 Å². The quantitative estimate of drug-likeness (QED) is 0.716. The molecule has 0 aliphatic heterocycles. The first kappa shape index (κ1) is 10.2. The van der Waals surface area contributed by atoms with Gasteiger partial charge in [0.25, 0.3) is 0 Å². The van der Waals surface area contributed by atoms with Gasteiger partial charge in [-0.15, -0.1) is 0 Å². The molecule has 0 radical (unpaired) electrons. The number of pyridine rings is 1. The monoisotopic (exact) mass is 247 g/mol. The molecule has 0 aliphatic rings. The Morgan fingerprint density at radius 1 is 1.24 bits per heavy atom. The molecule has 0 spiro atoms. The molecule has 1 aromatic carbocycles. The van der Waals surface area contributed by atoms with Crippen LogP contribution in [-0.4, -0.2) is 15.0 Å². The molecule has 0 unspecified atom stereocenters. The number of hydrogen-bond donors (Lipinski definition) is 1. The summed E-state index contributed by atoms with van der Waals surface area (Å²) in [7, 11) is 0. The van der Waals surface area contributed by atoms with Crippen molar-refractivity contribution in [2.75, 3.05) is 0 Å². The summed E-state index contributed by atoms with van der Waals surface area (Å²) in [4.78, 5) is 11.5. The van der Waals surface area contributed by atoms with Crippen LogP contribution in [0.2, 0.25) is 5.02 Å². The zero-order valence-electron chi connectivity index (χ0n) is 8.61. The number of benzene rings is 1. The Labute approximate surface area is 101 Å². The summed E-state index contributed by atoms with van der Waals surface area (Å²) in [6, 6.07) is 8.18. The normalized spacial score (nSPS) is 10.9. The Morgan fingerprint density at radius 3 is 2.88 bits per heavy atom. The second-order valence-corrected chi connectivity index (χ2v) is 4.00. The summed E-state index contributed by atoms with van der Waals surface area (Å²) in [5.74, 6) is 0.185. The number of halogens is 2. The minimum Gasteiger partial charge on any atom is -0.337 e. The highest BCUT2D eigenvalue weighted by Crippen LogP contribution is 2.24. The molecule has 2 heterocycles. The van der Waals surface area contributed by atoms with E-state index in [1.54, 1.807) is 12.3 Å². The van der Waals surface area contributed by atoms with Crippen molar-refractivity contribution >= 4 is 22.8 Å². The summed E-state index contributed by atoms with van der Waals surface area (Å²) < 4.78 is 13.0. The minimum absolute atomic E-state index is 0.0796. The third kappa shape index (κ3) is 1.76.